The van der Waals surface area contributed by atoms with Gasteiger partial charge in [0.2, 0.25) is 0 Å². The topological polar surface area (TPSA) is 53.4 Å². The van der Waals surface area contributed by atoms with Crippen molar-refractivity contribution in [3.8, 4) is 0 Å². The highest BCUT2D eigenvalue weighted by molar-refractivity contribution is 6.03. The Kier molecular flexibility index (Phi) is 4.71. The summed E-state index contributed by atoms with van der Waals surface area (Å²) in [6, 6.07) is 8.09. The van der Waals surface area contributed by atoms with Gasteiger partial charge in [-0.15, -0.1) is 0 Å². The lowest BCUT2D eigenvalue weighted by Crippen LogP contribution is -2.37. The normalized spacial score (nSPS) is 18.8. The Morgan fingerprint density at radius 3 is 2.64 bits per heavy atom. The summed E-state index contributed by atoms with van der Waals surface area (Å²) >= 11 is 0. The molecule has 2 saturated carbocycles. The van der Waals surface area contributed by atoms with E-state index >= 15 is 0 Å². The minimum atomic E-state index is -0.883. The molecule has 0 unspecified atom stereocenters. The van der Waals surface area contributed by atoms with Crippen molar-refractivity contribution in [2.45, 2.75) is 57.5 Å². The van der Waals surface area contributed by atoms with Gasteiger partial charge in [0.1, 0.15) is 0 Å². The minimum Gasteiger partial charge on any atom is -0.478 e. The first-order valence-corrected chi connectivity index (χ1v) is 9.56. The average Bonchev–Trinajstić information content (AvgIpc) is 3.46. The molecule has 2 aromatic rings. The van der Waals surface area contributed by atoms with Crippen LogP contribution in [0.5, 0.6) is 0 Å². The molecule has 25 heavy (non-hydrogen) atoms. The zero-order chi connectivity index (χ0) is 17.2. The van der Waals surface area contributed by atoms with Crippen LogP contribution in [0.1, 0.15) is 60.9 Å². The van der Waals surface area contributed by atoms with Crippen LogP contribution in [0.3, 0.4) is 0 Å². The first-order valence-electron chi connectivity index (χ1n) is 9.56. The van der Waals surface area contributed by atoms with Gasteiger partial charge in [0, 0.05) is 30.7 Å². The van der Waals surface area contributed by atoms with Crippen LogP contribution < -0.4 is 0 Å². The number of nitrogens with zero attached hydrogens (tertiary/aromatic N) is 2. The molecule has 132 valence electrons. The van der Waals surface area contributed by atoms with Crippen LogP contribution in [0.15, 0.2) is 30.5 Å². The fourth-order valence-electron chi connectivity index (χ4n) is 4.19. The minimum absolute atomic E-state index is 0.346. The Labute approximate surface area is 148 Å². The summed E-state index contributed by atoms with van der Waals surface area (Å²) in [5, 5.41) is 10.2. The van der Waals surface area contributed by atoms with Crippen LogP contribution in [0.2, 0.25) is 0 Å². The Hall–Kier alpha value is -1.94. The van der Waals surface area contributed by atoms with E-state index in [9.17, 15) is 9.90 Å². The molecule has 4 nitrogen and oxygen atoms in total. The van der Waals surface area contributed by atoms with E-state index in [-0.39, 0.29) is 0 Å². The Balaban J connectivity index is 1.65. The third-order valence-electron chi connectivity index (χ3n) is 5.74. The molecular formula is C21H26N2O2. The molecule has 0 bridgehead atoms. The number of carbonyl (C=O) groups is 1. The van der Waals surface area contributed by atoms with E-state index < -0.39 is 5.97 Å². The second-order valence-corrected chi connectivity index (χ2v) is 7.64. The van der Waals surface area contributed by atoms with Crippen LogP contribution in [-0.4, -0.2) is 33.5 Å². The van der Waals surface area contributed by atoms with E-state index in [1.165, 1.54) is 51.5 Å². The predicted octanol–water partition coefficient (Wildman–Crippen LogP) is 4.48. The van der Waals surface area contributed by atoms with Crippen LogP contribution in [0.4, 0.5) is 0 Å². The monoisotopic (exact) mass is 338 g/mol. The first kappa shape index (κ1) is 16.5. The van der Waals surface area contributed by atoms with Gasteiger partial charge >= 0.3 is 5.97 Å². The highest BCUT2D eigenvalue weighted by atomic mass is 16.4. The van der Waals surface area contributed by atoms with E-state index in [4.69, 9.17) is 0 Å². The van der Waals surface area contributed by atoms with Crippen molar-refractivity contribution in [3.05, 3.63) is 41.6 Å². The van der Waals surface area contributed by atoms with E-state index in [0.29, 0.717) is 11.6 Å². The fraction of sp³-hybridized carbons (Fsp3) is 0.524. The maximum absolute atomic E-state index is 11.5. The fourth-order valence-corrected chi connectivity index (χ4v) is 4.19. The van der Waals surface area contributed by atoms with E-state index in [1.54, 1.807) is 12.3 Å². The molecule has 0 atom stereocenters. The second-order valence-electron chi connectivity index (χ2n) is 7.64. The zero-order valence-electron chi connectivity index (χ0n) is 14.7. The van der Waals surface area contributed by atoms with Gasteiger partial charge in [-0.05, 0) is 49.3 Å². The standard InChI is InChI=1S/C21H26N2O2/c24-21(25)19-11-10-16(20-18(19)7-4-12-22-20)14-23(13-15-8-9-15)17-5-2-1-3-6-17/h4,7,10-12,15,17H,1-3,5-6,8-9,13-14H2,(H,24,25). The van der Waals surface area contributed by atoms with Crippen molar-refractivity contribution in [2.75, 3.05) is 6.54 Å². The van der Waals surface area contributed by atoms with Crippen molar-refractivity contribution in [2.24, 2.45) is 5.92 Å². The molecular weight excluding hydrogens is 312 g/mol. The third kappa shape index (κ3) is 3.69. The van der Waals surface area contributed by atoms with Crippen molar-refractivity contribution in [1.29, 1.82) is 0 Å². The maximum Gasteiger partial charge on any atom is 0.336 e. The summed E-state index contributed by atoms with van der Waals surface area (Å²) in [5.74, 6) is -0.0221. The third-order valence-corrected chi connectivity index (χ3v) is 5.74. The molecule has 0 amide bonds. The summed E-state index contributed by atoms with van der Waals surface area (Å²) < 4.78 is 0. The Morgan fingerprint density at radius 2 is 1.92 bits per heavy atom. The number of aromatic nitrogens is 1. The molecule has 0 radical (unpaired) electrons. The highest BCUT2D eigenvalue weighted by Gasteiger charge is 2.29. The van der Waals surface area contributed by atoms with Gasteiger partial charge in [-0.1, -0.05) is 31.4 Å². The average molecular weight is 338 g/mol. The smallest absolute Gasteiger partial charge is 0.336 e. The van der Waals surface area contributed by atoms with Gasteiger partial charge in [0.25, 0.3) is 0 Å². The van der Waals surface area contributed by atoms with Crippen LogP contribution in [0, 0.1) is 5.92 Å². The number of carboxylic acid groups (broad SMARTS) is 1. The lowest BCUT2D eigenvalue weighted by Gasteiger charge is -2.34. The second kappa shape index (κ2) is 7.12. The summed E-state index contributed by atoms with van der Waals surface area (Å²) in [4.78, 5) is 18.7. The van der Waals surface area contributed by atoms with E-state index in [1.807, 2.05) is 18.2 Å². The van der Waals surface area contributed by atoms with Crippen molar-refractivity contribution < 1.29 is 9.90 Å². The van der Waals surface area contributed by atoms with Crippen molar-refractivity contribution >= 4 is 16.9 Å². The lowest BCUT2D eigenvalue weighted by molar-refractivity contribution is 0.0699. The molecule has 0 spiro atoms. The van der Waals surface area contributed by atoms with Gasteiger partial charge in [-0.25, -0.2) is 4.79 Å². The molecule has 0 aliphatic heterocycles. The highest BCUT2D eigenvalue weighted by Crippen LogP contribution is 2.34. The van der Waals surface area contributed by atoms with Crippen LogP contribution in [-0.2, 0) is 6.54 Å². The molecule has 4 heteroatoms. The molecule has 4 rings (SSSR count). The van der Waals surface area contributed by atoms with Gasteiger partial charge in [0.15, 0.2) is 0 Å². The number of rotatable bonds is 6. The molecule has 1 N–H and O–H groups in total. The van der Waals surface area contributed by atoms with E-state index in [0.717, 1.165) is 28.9 Å². The number of fused-ring (bicyclic) bond motifs is 1. The Morgan fingerprint density at radius 1 is 1.12 bits per heavy atom. The largest absolute Gasteiger partial charge is 0.478 e. The summed E-state index contributed by atoms with van der Waals surface area (Å²) in [6.07, 6.45) is 11.1. The molecule has 2 aliphatic carbocycles. The SMILES string of the molecule is O=C(O)c1ccc(CN(CC2CC2)C2CCCCC2)c2ncccc12. The number of carboxylic acids is 1. The summed E-state index contributed by atoms with van der Waals surface area (Å²) in [5.41, 5.74) is 2.35. The Bertz CT molecular complexity index is 764. The summed E-state index contributed by atoms with van der Waals surface area (Å²) in [7, 11) is 0. The maximum atomic E-state index is 11.5. The van der Waals surface area contributed by atoms with Gasteiger partial charge in [-0.2, -0.15) is 0 Å². The number of aromatic carboxylic acids is 1. The van der Waals surface area contributed by atoms with Gasteiger partial charge in [0.05, 0.1) is 11.1 Å². The van der Waals surface area contributed by atoms with Gasteiger partial charge in [-0.3, -0.25) is 9.88 Å². The quantitative estimate of drug-likeness (QED) is 0.844. The number of hydrogen-bond acceptors (Lipinski definition) is 3. The lowest BCUT2D eigenvalue weighted by atomic mass is 9.93. The molecule has 1 aromatic heterocycles. The van der Waals surface area contributed by atoms with Crippen molar-refractivity contribution in [1.82, 2.24) is 9.88 Å². The number of benzene rings is 1. The molecule has 1 aromatic carbocycles. The molecule has 2 aliphatic rings. The van der Waals surface area contributed by atoms with Crippen LogP contribution >= 0.6 is 0 Å². The molecule has 1 heterocycles. The predicted molar refractivity (Wildman–Crippen MR) is 98.7 cm³/mol. The molecule has 0 saturated heterocycles. The van der Waals surface area contributed by atoms with Crippen molar-refractivity contribution in [3.63, 3.8) is 0 Å². The zero-order valence-corrected chi connectivity index (χ0v) is 14.7. The van der Waals surface area contributed by atoms with E-state index in [2.05, 4.69) is 9.88 Å². The summed E-state index contributed by atoms with van der Waals surface area (Å²) in [6.45, 7) is 2.06. The van der Waals surface area contributed by atoms with Crippen LogP contribution in [0.25, 0.3) is 10.9 Å². The van der Waals surface area contributed by atoms with Gasteiger partial charge < -0.3 is 5.11 Å². The number of pyridine rings is 1. The number of hydrogen-bond donors (Lipinski definition) is 1. The first-order chi connectivity index (χ1) is 12.2. The molecule has 2 fully saturated rings.